The molecule has 2 heterocycles. The fourth-order valence-corrected chi connectivity index (χ4v) is 2.50. The number of ether oxygens (including phenoxy) is 1. The van der Waals surface area contributed by atoms with Crippen molar-refractivity contribution >= 4 is 5.91 Å². The van der Waals surface area contributed by atoms with Crippen LogP contribution in [0.3, 0.4) is 0 Å². The van der Waals surface area contributed by atoms with Crippen LogP contribution in [0, 0.1) is 11.8 Å². The van der Waals surface area contributed by atoms with Crippen LogP contribution in [0.5, 0.6) is 0 Å². The first kappa shape index (κ1) is 11.9. The van der Waals surface area contributed by atoms with Crippen molar-refractivity contribution in [2.45, 2.75) is 32.3 Å². The van der Waals surface area contributed by atoms with Crippen molar-refractivity contribution in [1.29, 1.82) is 0 Å². The van der Waals surface area contributed by atoms with E-state index in [4.69, 9.17) is 4.74 Å². The fourth-order valence-electron chi connectivity index (χ4n) is 2.50. The minimum atomic E-state index is 0.173. The van der Waals surface area contributed by atoms with Gasteiger partial charge in [-0.2, -0.15) is 0 Å². The number of hydrogen-bond donors (Lipinski definition) is 2. The smallest absolute Gasteiger partial charge is 0.224 e. The van der Waals surface area contributed by atoms with E-state index in [1.165, 1.54) is 0 Å². The lowest BCUT2D eigenvalue weighted by Gasteiger charge is -2.23. The summed E-state index contributed by atoms with van der Waals surface area (Å²) in [5.41, 5.74) is 0. The molecule has 3 unspecified atom stereocenters. The van der Waals surface area contributed by atoms with E-state index in [1.54, 1.807) is 0 Å². The van der Waals surface area contributed by atoms with Gasteiger partial charge in [0.15, 0.2) is 0 Å². The maximum Gasteiger partial charge on any atom is 0.224 e. The number of hydrogen-bond acceptors (Lipinski definition) is 3. The summed E-state index contributed by atoms with van der Waals surface area (Å²) in [4.78, 5) is 11.9. The van der Waals surface area contributed by atoms with E-state index in [0.717, 1.165) is 45.5 Å². The second-order valence-corrected chi connectivity index (χ2v) is 4.91. The Hall–Kier alpha value is -0.610. The Morgan fingerprint density at radius 3 is 3.00 bits per heavy atom. The van der Waals surface area contributed by atoms with Gasteiger partial charge in [0.2, 0.25) is 5.91 Å². The van der Waals surface area contributed by atoms with Crippen molar-refractivity contribution < 1.29 is 9.53 Å². The average Bonchev–Trinajstić information content (AvgIpc) is 2.73. The van der Waals surface area contributed by atoms with Crippen molar-refractivity contribution in [1.82, 2.24) is 10.6 Å². The average molecular weight is 226 g/mol. The Kier molecular flexibility index (Phi) is 4.18. The quantitative estimate of drug-likeness (QED) is 0.738. The second kappa shape index (κ2) is 5.64. The molecule has 4 nitrogen and oxygen atoms in total. The highest BCUT2D eigenvalue weighted by molar-refractivity contribution is 5.78. The van der Waals surface area contributed by atoms with Crippen molar-refractivity contribution in [2.24, 2.45) is 11.8 Å². The van der Waals surface area contributed by atoms with Gasteiger partial charge in [0.05, 0.1) is 12.0 Å². The van der Waals surface area contributed by atoms with Crippen LogP contribution in [-0.2, 0) is 9.53 Å². The molecule has 4 heteroatoms. The lowest BCUT2D eigenvalue weighted by molar-refractivity contribution is -0.125. The molecule has 2 fully saturated rings. The Morgan fingerprint density at radius 2 is 2.38 bits per heavy atom. The van der Waals surface area contributed by atoms with E-state index in [1.807, 2.05) is 0 Å². The van der Waals surface area contributed by atoms with Gasteiger partial charge in [-0.25, -0.2) is 0 Å². The molecule has 0 aromatic carbocycles. The van der Waals surface area contributed by atoms with Gasteiger partial charge >= 0.3 is 0 Å². The van der Waals surface area contributed by atoms with Crippen LogP contribution in [0.1, 0.15) is 26.2 Å². The Balaban J connectivity index is 1.70. The van der Waals surface area contributed by atoms with Crippen LogP contribution in [0.25, 0.3) is 0 Å². The molecule has 0 aliphatic carbocycles. The molecular weight excluding hydrogens is 204 g/mol. The summed E-state index contributed by atoms with van der Waals surface area (Å²) < 4.78 is 5.48. The number of amides is 1. The van der Waals surface area contributed by atoms with E-state index in [-0.39, 0.29) is 11.8 Å². The number of carbonyl (C=O) groups excluding carboxylic acids is 1. The number of carbonyl (C=O) groups is 1. The SMILES string of the molecule is CC1OCCC1CNC(=O)C1CCCNC1. The zero-order valence-corrected chi connectivity index (χ0v) is 10.00. The van der Waals surface area contributed by atoms with Gasteiger partial charge in [-0.15, -0.1) is 0 Å². The van der Waals surface area contributed by atoms with Crippen LogP contribution in [0.15, 0.2) is 0 Å². The minimum Gasteiger partial charge on any atom is -0.378 e. The molecule has 2 saturated heterocycles. The van der Waals surface area contributed by atoms with Crippen molar-refractivity contribution in [3.05, 3.63) is 0 Å². The van der Waals surface area contributed by atoms with Gasteiger partial charge < -0.3 is 15.4 Å². The Morgan fingerprint density at radius 1 is 1.50 bits per heavy atom. The third kappa shape index (κ3) is 2.95. The molecule has 2 rings (SSSR count). The highest BCUT2D eigenvalue weighted by Crippen LogP contribution is 2.19. The molecule has 2 N–H and O–H groups in total. The van der Waals surface area contributed by atoms with Crippen molar-refractivity contribution in [3.8, 4) is 0 Å². The number of nitrogens with one attached hydrogen (secondary N) is 2. The van der Waals surface area contributed by atoms with Crippen LogP contribution >= 0.6 is 0 Å². The van der Waals surface area contributed by atoms with Crippen LogP contribution in [0.4, 0.5) is 0 Å². The zero-order chi connectivity index (χ0) is 11.4. The van der Waals surface area contributed by atoms with Crippen molar-refractivity contribution in [2.75, 3.05) is 26.2 Å². The van der Waals surface area contributed by atoms with Crippen LogP contribution in [0.2, 0.25) is 0 Å². The largest absolute Gasteiger partial charge is 0.378 e. The minimum absolute atomic E-state index is 0.173. The monoisotopic (exact) mass is 226 g/mol. The first-order valence-electron chi connectivity index (χ1n) is 6.37. The summed E-state index contributed by atoms with van der Waals surface area (Å²) in [6, 6.07) is 0. The normalized spacial score (nSPS) is 34.9. The van der Waals surface area contributed by atoms with Gasteiger partial charge in [-0.05, 0) is 32.7 Å². The van der Waals surface area contributed by atoms with E-state index in [9.17, 15) is 4.79 Å². The molecule has 0 saturated carbocycles. The maximum absolute atomic E-state index is 11.9. The molecule has 92 valence electrons. The molecule has 3 atom stereocenters. The first-order valence-corrected chi connectivity index (χ1v) is 6.37. The van der Waals surface area contributed by atoms with Crippen LogP contribution < -0.4 is 10.6 Å². The Labute approximate surface area is 97.1 Å². The van der Waals surface area contributed by atoms with Gasteiger partial charge in [-0.3, -0.25) is 4.79 Å². The number of piperidine rings is 1. The molecular formula is C12H22N2O2. The summed E-state index contributed by atoms with van der Waals surface area (Å²) in [5.74, 6) is 0.887. The summed E-state index contributed by atoms with van der Waals surface area (Å²) in [7, 11) is 0. The fraction of sp³-hybridized carbons (Fsp3) is 0.917. The molecule has 0 aromatic heterocycles. The standard InChI is InChI=1S/C12H22N2O2/c1-9-10(4-6-16-9)8-14-12(15)11-3-2-5-13-7-11/h9-11,13H,2-8H2,1H3,(H,14,15). The van der Waals surface area contributed by atoms with E-state index in [2.05, 4.69) is 17.6 Å². The van der Waals surface area contributed by atoms with E-state index < -0.39 is 0 Å². The molecule has 2 aliphatic rings. The van der Waals surface area contributed by atoms with E-state index in [0.29, 0.717) is 12.0 Å². The van der Waals surface area contributed by atoms with Gasteiger partial charge in [0.25, 0.3) is 0 Å². The number of rotatable bonds is 3. The molecule has 0 radical (unpaired) electrons. The van der Waals surface area contributed by atoms with E-state index >= 15 is 0 Å². The highest BCUT2D eigenvalue weighted by Gasteiger charge is 2.26. The van der Waals surface area contributed by atoms with Gasteiger partial charge in [0, 0.05) is 25.6 Å². The molecule has 16 heavy (non-hydrogen) atoms. The Bertz CT molecular complexity index is 239. The van der Waals surface area contributed by atoms with Crippen LogP contribution in [-0.4, -0.2) is 38.3 Å². The predicted molar refractivity (Wildman–Crippen MR) is 62.1 cm³/mol. The third-order valence-corrected chi connectivity index (χ3v) is 3.74. The highest BCUT2D eigenvalue weighted by atomic mass is 16.5. The lowest BCUT2D eigenvalue weighted by atomic mass is 9.98. The topological polar surface area (TPSA) is 50.4 Å². The van der Waals surface area contributed by atoms with Gasteiger partial charge in [-0.1, -0.05) is 0 Å². The molecule has 2 aliphatic heterocycles. The summed E-state index contributed by atoms with van der Waals surface area (Å²) >= 11 is 0. The zero-order valence-electron chi connectivity index (χ0n) is 10.00. The summed E-state index contributed by atoms with van der Waals surface area (Å²) in [6.07, 6.45) is 3.51. The summed E-state index contributed by atoms with van der Waals surface area (Å²) in [5, 5.41) is 6.33. The first-order chi connectivity index (χ1) is 7.77. The molecule has 0 aromatic rings. The molecule has 0 spiro atoms. The lowest BCUT2D eigenvalue weighted by Crippen LogP contribution is -2.42. The predicted octanol–water partition coefficient (Wildman–Crippen LogP) is 0.527. The third-order valence-electron chi connectivity index (χ3n) is 3.74. The molecule has 1 amide bonds. The van der Waals surface area contributed by atoms with Gasteiger partial charge in [0.1, 0.15) is 0 Å². The second-order valence-electron chi connectivity index (χ2n) is 4.91. The molecule has 0 bridgehead atoms. The maximum atomic E-state index is 11.9. The van der Waals surface area contributed by atoms with Crippen molar-refractivity contribution in [3.63, 3.8) is 0 Å². The summed E-state index contributed by atoms with van der Waals surface area (Å²) in [6.45, 7) is 5.59.